The van der Waals surface area contributed by atoms with Crippen LogP contribution in [0.3, 0.4) is 0 Å². The van der Waals surface area contributed by atoms with Crippen LogP contribution in [0.15, 0.2) is 29.3 Å². The first-order chi connectivity index (χ1) is 9.33. The molecule has 7 nitrogen and oxygen atoms in total. The van der Waals surface area contributed by atoms with E-state index in [0.29, 0.717) is 17.1 Å². The number of nitrogens with one attached hydrogen (secondary N) is 1. The van der Waals surface area contributed by atoms with Crippen molar-refractivity contribution in [1.29, 1.82) is 0 Å². The van der Waals surface area contributed by atoms with E-state index in [4.69, 9.17) is 10.5 Å². The Morgan fingerprint density at radius 3 is 2.60 bits per heavy atom. The molecule has 3 N–H and O–H groups in total. The number of benzene rings is 1. The summed E-state index contributed by atoms with van der Waals surface area (Å²) in [5.41, 5.74) is 6.89. The second kappa shape index (κ2) is 5.04. The van der Waals surface area contributed by atoms with E-state index in [-0.39, 0.29) is 10.6 Å². The first-order valence-electron chi connectivity index (χ1n) is 5.80. The van der Waals surface area contributed by atoms with Gasteiger partial charge in [-0.15, -0.1) is 0 Å². The summed E-state index contributed by atoms with van der Waals surface area (Å²) >= 11 is 0. The molecule has 0 aliphatic rings. The highest BCUT2D eigenvalue weighted by Crippen LogP contribution is 2.26. The third-order valence-electron chi connectivity index (χ3n) is 2.76. The molecule has 0 aliphatic carbocycles. The number of nitrogens with zero attached hydrogens (tertiary/aromatic N) is 2. The Bertz CT molecular complexity index is 737. The highest BCUT2D eigenvalue weighted by Gasteiger charge is 2.19. The van der Waals surface area contributed by atoms with E-state index in [0.717, 1.165) is 0 Å². The Balaban J connectivity index is 2.38. The summed E-state index contributed by atoms with van der Waals surface area (Å²) in [7, 11) is -0.561. The first-order valence-corrected chi connectivity index (χ1v) is 7.28. The van der Waals surface area contributed by atoms with Crippen LogP contribution in [0.25, 0.3) is 0 Å². The van der Waals surface area contributed by atoms with Crippen LogP contribution in [0.1, 0.15) is 5.69 Å². The summed E-state index contributed by atoms with van der Waals surface area (Å²) in [4.78, 5) is 0.00144. The van der Waals surface area contributed by atoms with E-state index in [1.54, 1.807) is 26.2 Å². The van der Waals surface area contributed by atoms with Crippen LogP contribution in [0.2, 0.25) is 0 Å². The lowest BCUT2D eigenvalue weighted by molar-refractivity contribution is 0.414. The summed E-state index contributed by atoms with van der Waals surface area (Å²) in [5.74, 6) is 0.499. The number of hydrogen-bond acceptors (Lipinski definition) is 5. The molecule has 108 valence electrons. The summed E-state index contributed by atoms with van der Waals surface area (Å²) in [5, 5.41) is 4.08. The average Bonchev–Trinajstić information content (AvgIpc) is 2.66. The number of hydrogen-bond donors (Lipinski definition) is 2. The molecule has 20 heavy (non-hydrogen) atoms. The van der Waals surface area contributed by atoms with Crippen LogP contribution in [0, 0.1) is 6.92 Å². The molecular formula is C12H16N4O3S. The monoisotopic (exact) mass is 296 g/mol. The van der Waals surface area contributed by atoms with Gasteiger partial charge >= 0.3 is 0 Å². The predicted octanol–water partition coefficient (Wildman–Crippen LogP) is 1.12. The van der Waals surface area contributed by atoms with Crippen molar-refractivity contribution in [2.24, 2.45) is 7.05 Å². The number of nitrogens with two attached hydrogens (primary N) is 1. The fourth-order valence-electron chi connectivity index (χ4n) is 1.80. The van der Waals surface area contributed by atoms with E-state index >= 15 is 0 Å². The first kappa shape index (κ1) is 14.2. The number of aromatic nitrogens is 2. The molecular weight excluding hydrogens is 280 g/mol. The number of anilines is 2. The van der Waals surface area contributed by atoms with Crippen molar-refractivity contribution in [2.45, 2.75) is 11.8 Å². The SMILES string of the molecule is COc1ccc(S(=O)(=O)Nc2cn(C)nc2C)c(N)c1. The predicted molar refractivity (Wildman–Crippen MR) is 76.2 cm³/mol. The molecule has 0 bridgehead atoms. The molecule has 0 aliphatic heterocycles. The standard InChI is InChI=1S/C12H16N4O3S/c1-8-11(7-16(2)14-8)15-20(17,18)12-5-4-9(19-3)6-10(12)13/h4-7,15H,13H2,1-3H3. The molecule has 2 aromatic rings. The van der Waals surface area contributed by atoms with Gasteiger partial charge in [0.2, 0.25) is 0 Å². The minimum Gasteiger partial charge on any atom is -0.497 e. The Kier molecular flexibility index (Phi) is 3.58. The Labute approximate surface area is 117 Å². The zero-order valence-corrected chi connectivity index (χ0v) is 12.2. The maximum atomic E-state index is 12.3. The molecule has 0 radical (unpaired) electrons. The number of rotatable bonds is 4. The summed E-state index contributed by atoms with van der Waals surface area (Å²) in [6.45, 7) is 1.72. The van der Waals surface area contributed by atoms with E-state index < -0.39 is 10.0 Å². The fraction of sp³-hybridized carbons (Fsp3) is 0.250. The Morgan fingerprint density at radius 1 is 1.40 bits per heavy atom. The minimum absolute atomic E-state index is 0.00144. The molecule has 0 amide bonds. The van der Waals surface area contributed by atoms with Crippen molar-refractivity contribution in [3.05, 3.63) is 30.1 Å². The van der Waals surface area contributed by atoms with Gasteiger partial charge in [0.15, 0.2) is 0 Å². The highest BCUT2D eigenvalue weighted by atomic mass is 32.2. The van der Waals surface area contributed by atoms with E-state index in [2.05, 4.69) is 9.82 Å². The number of nitrogen functional groups attached to an aromatic ring is 1. The van der Waals surface area contributed by atoms with E-state index in [1.165, 1.54) is 23.9 Å². The molecule has 0 fully saturated rings. The molecule has 1 heterocycles. The molecule has 0 atom stereocenters. The molecule has 1 aromatic carbocycles. The number of aryl methyl sites for hydroxylation is 2. The summed E-state index contributed by atoms with van der Waals surface area (Å²) < 4.78 is 33.6. The van der Waals surface area contributed by atoms with E-state index in [9.17, 15) is 8.42 Å². The van der Waals surface area contributed by atoms with Crippen molar-refractivity contribution >= 4 is 21.4 Å². The molecule has 0 spiro atoms. The lowest BCUT2D eigenvalue weighted by atomic mass is 10.3. The average molecular weight is 296 g/mol. The summed E-state index contributed by atoms with van der Waals surface area (Å²) in [6, 6.07) is 4.41. The smallest absolute Gasteiger partial charge is 0.264 e. The molecule has 0 unspecified atom stereocenters. The van der Waals surface area contributed by atoms with Gasteiger partial charge in [0.05, 0.1) is 24.2 Å². The van der Waals surface area contributed by atoms with Gasteiger partial charge in [-0.05, 0) is 19.1 Å². The maximum absolute atomic E-state index is 12.3. The van der Waals surface area contributed by atoms with Crippen molar-refractivity contribution in [3.8, 4) is 5.75 Å². The Morgan fingerprint density at radius 2 is 2.10 bits per heavy atom. The van der Waals surface area contributed by atoms with Gasteiger partial charge in [0, 0.05) is 19.3 Å². The quantitative estimate of drug-likeness (QED) is 0.824. The Hall–Kier alpha value is -2.22. The second-order valence-electron chi connectivity index (χ2n) is 4.31. The number of ether oxygens (including phenoxy) is 1. The number of methoxy groups -OCH3 is 1. The van der Waals surface area contributed by atoms with Crippen molar-refractivity contribution < 1.29 is 13.2 Å². The lowest BCUT2D eigenvalue weighted by Gasteiger charge is -2.10. The van der Waals surface area contributed by atoms with Crippen LogP contribution < -0.4 is 15.2 Å². The van der Waals surface area contributed by atoms with Gasteiger partial charge in [-0.1, -0.05) is 0 Å². The van der Waals surface area contributed by atoms with Crippen LogP contribution >= 0.6 is 0 Å². The van der Waals surface area contributed by atoms with Gasteiger partial charge in [0.1, 0.15) is 10.6 Å². The fourth-order valence-corrected chi connectivity index (χ4v) is 3.01. The normalized spacial score (nSPS) is 11.3. The maximum Gasteiger partial charge on any atom is 0.264 e. The van der Waals surface area contributed by atoms with Crippen LogP contribution in [-0.2, 0) is 17.1 Å². The van der Waals surface area contributed by atoms with Gasteiger partial charge in [-0.3, -0.25) is 9.40 Å². The minimum atomic E-state index is -3.76. The third kappa shape index (κ3) is 2.69. The van der Waals surface area contributed by atoms with Crippen LogP contribution in [0.4, 0.5) is 11.4 Å². The van der Waals surface area contributed by atoms with Crippen LogP contribution in [0.5, 0.6) is 5.75 Å². The largest absolute Gasteiger partial charge is 0.497 e. The molecule has 1 aromatic heterocycles. The van der Waals surface area contributed by atoms with Gasteiger partial charge in [0.25, 0.3) is 10.0 Å². The lowest BCUT2D eigenvalue weighted by Crippen LogP contribution is -2.15. The molecule has 2 rings (SSSR count). The van der Waals surface area contributed by atoms with Gasteiger partial charge in [-0.25, -0.2) is 8.42 Å². The summed E-state index contributed by atoms with van der Waals surface area (Å²) in [6.07, 6.45) is 1.59. The van der Waals surface area contributed by atoms with Crippen molar-refractivity contribution in [3.63, 3.8) is 0 Å². The molecule has 8 heteroatoms. The molecule has 0 saturated carbocycles. The van der Waals surface area contributed by atoms with Crippen molar-refractivity contribution in [1.82, 2.24) is 9.78 Å². The molecule has 0 saturated heterocycles. The highest BCUT2D eigenvalue weighted by molar-refractivity contribution is 7.92. The van der Waals surface area contributed by atoms with E-state index in [1.807, 2.05) is 0 Å². The second-order valence-corrected chi connectivity index (χ2v) is 5.96. The van der Waals surface area contributed by atoms with Crippen LogP contribution in [-0.4, -0.2) is 25.3 Å². The van der Waals surface area contributed by atoms with Gasteiger partial charge < -0.3 is 10.5 Å². The zero-order valence-electron chi connectivity index (χ0n) is 11.4. The topological polar surface area (TPSA) is 99.2 Å². The zero-order chi connectivity index (χ0) is 14.9. The number of sulfonamides is 1. The van der Waals surface area contributed by atoms with Crippen molar-refractivity contribution in [2.75, 3.05) is 17.6 Å². The third-order valence-corrected chi connectivity index (χ3v) is 4.20. The van der Waals surface area contributed by atoms with Gasteiger partial charge in [-0.2, -0.15) is 5.10 Å².